The van der Waals surface area contributed by atoms with Gasteiger partial charge >= 0.3 is 0 Å². The first-order valence-corrected chi connectivity index (χ1v) is 10.2. The molecule has 1 aromatic rings. The summed E-state index contributed by atoms with van der Waals surface area (Å²) in [6, 6.07) is 7.98. The highest BCUT2D eigenvalue weighted by Crippen LogP contribution is 2.17. The molecule has 1 N–H and O–H groups in total. The molecule has 2 aliphatic heterocycles. The molecule has 2 aliphatic rings. The molecule has 1 amide bonds. The standard InChI is InChI=1S/C21H33N5O2.HI/c1-17(20(27)25-10-6-7-11-25)24-12-14-26(15-13-24)21(22-2)23-16-18-8-4-5-9-19(18)28-3;/h4-5,8-9,17H,6-7,10-16H2,1-3H3,(H,22,23);1H. The van der Waals surface area contributed by atoms with Crippen LogP contribution in [0.4, 0.5) is 0 Å². The van der Waals surface area contributed by atoms with Crippen LogP contribution in [0.2, 0.25) is 0 Å². The summed E-state index contributed by atoms with van der Waals surface area (Å²) in [6.07, 6.45) is 2.28. The highest BCUT2D eigenvalue weighted by Gasteiger charge is 2.30. The van der Waals surface area contributed by atoms with Crippen molar-refractivity contribution >= 4 is 35.8 Å². The van der Waals surface area contributed by atoms with E-state index in [4.69, 9.17) is 4.74 Å². The van der Waals surface area contributed by atoms with Gasteiger partial charge in [-0.3, -0.25) is 14.7 Å². The summed E-state index contributed by atoms with van der Waals surface area (Å²) in [6.45, 7) is 8.02. The maximum absolute atomic E-state index is 12.7. The summed E-state index contributed by atoms with van der Waals surface area (Å²) in [5, 5.41) is 3.44. The van der Waals surface area contributed by atoms with Gasteiger partial charge in [0.2, 0.25) is 5.91 Å². The van der Waals surface area contributed by atoms with Gasteiger partial charge in [0, 0.05) is 58.4 Å². The number of methoxy groups -OCH3 is 1. The number of halogens is 1. The number of piperazine rings is 1. The molecule has 1 unspecified atom stereocenters. The van der Waals surface area contributed by atoms with Crippen molar-refractivity contribution in [1.29, 1.82) is 0 Å². The van der Waals surface area contributed by atoms with Crippen LogP contribution in [0.1, 0.15) is 25.3 Å². The Balaban J connectivity index is 0.00000300. The molecular formula is C21H34IN5O2. The third-order valence-electron chi connectivity index (χ3n) is 5.78. The Kier molecular flexibility index (Phi) is 9.48. The second-order valence-electron chi connectivity index (χ2n) is 7.44. The molecule has 2 fully saturated rings. The SMILES string of the molecule is CN=C(NCc1ccccc1OC)N1CCN(C(C)C(=O)N2CCCC2)CC1.I. The normalized spacial score (nSPS) is 18.9. The van der Waals surface area contributed by atoms with Gasteiger partial charge in [0.05, 0.1) is 13.2 Å². The van der Waals surface area contributed by atoms with E-state index in [1.54, 1.807) is 7.11 Å². The summed E-state index contributed by atoms with van der Waals surface area (Å²) in [5.74, 6) is 2.05. The highest BCUT2D eigenvalue weighted by atomic mass is 127. The number of nitrogens with one attached hydrogen (secondary N) is 1. The Hall–Kier alpha value is -1.55. The molecule has 29 heavy (non-hydrogen) atoms. The Morgan fingerprint density at radius 2 is 1.76 bits per heavy atom. The largest absolute Gasteiger partial charge is 0.496 e. The molecule has 2 heterocycles. The fourth-order valence-electron chi connectivity index (χ4n) is 4.03. The lowest BCUT2D eigenvalue weighted by molar-refractivity contribution is -0.135. The summed E-state index contributed by atoms with van der Waals surface area (Å²) in [7, 11) is 3.51. The number of hydrogen-bond donors (Lipinski definition) is 1. The number of hydrogen-bond acceptors (Lipinski definition) is 4. The molecule has 0 spiro atoms. The van der Waals surface area contributed by atoms with E-state index in [0.717, 1.165) is 69.4 Å². The molecule has 0 radical (unpaired) electrons. The Labute approximate surface area is 191 Å². The van der Waals surface area contributed by atoms with Crippen LogP contribution >= 0.6 is 24.0 Å². The number of likely N-dealkylation sites (tertiary alicyclic amines) is 1. The van der Waals surface area contributed by atoms with Crippen molar-refractivity contribution in [2.45, 2.75) is 32.4 Å². The average Bonchev–Trinajstić information content (AvgIpc) is 3.29. The maximum Gasteiger partial charge on any atom is 0.239 e. The molecule has 0 saturated carbocycles. The maximum atomic E-state index is 12.7. The van der Waals surface area contributed by atoms with Crippen LogP contribution in [-0.4, -0.2) is 86.0 Å². The number of guanidine groups is 1. The van der Waals surface area contributed by atoms with Gasteiger partial charge < -0.3 is 19.9 Å². The van der Waals surface area contributed by atoms with E-state index < -0.39 is 0 Å². The molecule has 7 nitrogen and oxygen atoms in total. The Morgan fingerprint density at radius 1 is 1.10 bits per heavy atom. The molecule has 162 valence electrons. The van der Waals surface area contributed by atoms with Crippen LogP contribution in [0, 0.1) is 0 Å². The number of aliphatic imine (C=N–C) groups is 1. The summed E-state index contributed by atoms with van der Waals surface area (Å²) in [5.41, 5.74) is 1.11. The van der Waals surface area contributed by atoms with Gasteiger partial charge in [0.15, 0.2) is 5.96 Å². The minimum Gasteiger partial charge on any atom is -0.496 e. The second kappa shape index (κ2) is 11.6. The van der Waals surface area contributed by atoms with Crippen molar-refractivity contribution in [3.63, 3.8) is 0 Å². The third-order valence-corrected chi connectivity index (χ3v) is 5.78. The van der Waals surface area contributed by atoms with Crippen molar-refractivity contribution in [2.24, 2.45) is 4.99 Å². The number of ether oxygens (including phenoxy) is 1. The van der Waals surface area contributed by atoms with E-state index >= 15 is 0 Å². The number of benzene rings is 1. The topological polar surface area (TPSA) is 60.4 Å². The van der Waals surface area contributed by atoms with E-state index in [-0.39, 0.29) is 35.9 Å². The summed E-state index contributed by atoms with van der Waals surface area (Å²) >= 11 is 0. The van der Waals surface area contributed by atoms with Crippen molar-refractivity contribution in [3.05, 3.63) is 29.8 Å². The van der Waals surface area contributed by atoms with Crippen LogP contribution in [-0.2, 0) is 11.3 Å². The van der Waals surface area contributed by atoms with Gasteiger partial charge in [-0.2, -0.15) is 0 Å². The predicted octanol–water partition coefficient (Wildman–Crippen LogP) is 2.02. The first-order valence-electron chi connectivity index (χ1n) is 10.2. The van der Waals surface area contributed by atoms with Crippen LogP contribution in [0.5, 0.6) is 5.75 Å². The van der Waals surface area contributed by atoms with Gasteiger partial charge in [-0.1, -0.05) is 18.2 Å². The summed E-state index contributed by atoms with van der Waals surface area (Å²) < 4.78 is 5.43. The molecule has 1 atom stereocenters. The predicted molar refractivity (Wildman–Crippen MR) is 127 cm³/mol. The van der Waals surface area contributed by atoms with Crippen molar-refractivity contribution in [3.8, 4) is 5.75 Å². The van der Waals surface area contributed by atoms with Crippen molar-refractivity contribution in [1.82, 2.24) is 20.0 Å². The van der Waals surface area contributed by atoms with Gasteiger partial charge in [0.1, 0.15) is 5.75 Å². The second-order valence-corrected chi connectivity index (χ2v) is 7.44. The number of amides is 1. The molecule has 2 saturated heterocycles. The van der Waals surface area contributed by atoms with E-state index in [1.807, 2.05) is 37.1 Å². The smallest absolute Gasteiger partial charge is 0.239 e. The van der Waals surface area contributed by atoms with E-state index in [0.29, 0.717) is 6.54 Å². The first-order chi connectivity index (χ1) is 13.6. The first kappa shape index (κ1) is 23.7. The average molecular weight is 515 g/mol. The quantitative estimate of drug-likeness (QED) is 0.370. The minimum atomic E-state index is -0.0381. The zero-order valence-corrected chi connectivity index (χ0v) is 20.1. The zero-order chi connectivity index (χ0) is 19.9. The number of para-hydroxylation sites is 1. The highest BCUT2D eigenvalue weighted by molar-refractivity contribution is 14.0. The number of rotatable bonds is 5. The molecule has 0 aliphatic carbocycles. The van der Waals surface area contributed by atoms with Crippen LogP contribution in [0.25, 0.3) is 0 Å². The van der Waals surface area contributed by atoms with Crippen molar-refractivity contribution in [2.75, 3.05) is 53.4 Å². The zero-order valence-electron chi connectivity index (χ0n) is 17.8. The van der Waals surface area contributed by atoms with Gasteiger partial charge in [-0.25, -0.2) is 0 Å². The van der Waals surface area contributed by atoms with Crippen LogP contribution in [0.15, 0.2) is 29.3 Å². The van der Waals surface area contributed by atoms with E-state index in [1.165, 1.54) is 0 Å². The van der Waals surface area contributed by atoms with Gasteiger partial charge in [-0.15, -0.1) is 24.0 Å². The number of carbonyl (C=O) groups is 1. The van der Waals surface area contributed by atoms with Gasteiger partial charge in [-0.05, 0) is 25.8 Å². The van der Waals surface area contributed by atoms with Crippen molar-refractivity contribution < 1.29 is 9.53 Å². The third kappa shape index (κ3) is 5.97. The Bertz CT molecular complexity index is 685. The molecule has 3 rings (SSSR count). The fraction of sp³-hybridized carbons (Fsp3) is 0.619. The lowest BCUT2D eigenvalue weighted by Gasteiger charge is -2.39. The lowest BCUT2D eigenvalue weighted by Crippen LogP contribution is -2.57. The number of nitrogens with zero attached hydrogens (tertiary/aromatic N) is 4. The van der Waals surface area contributed by atoms with Crippen LogP contribution in [0.3, 0.4) is 0 Å². The molecule has 0 bridgehead atoms. The monoisotopic (exact) mass is 515 g/mol. The van der Waals surface area contributed by atoms with E-state index in [9.17, 15) is 4.79 Å². The summed E-state index contributed by atoms with van der Waals surface area (Å²) in [4.78, 5) is 23.7. The minimum absolute atomic E-state index is 0. The van der Waals surface area contributed by atoms with Gasteiger partial charge in [0.25, 0.3) is 0 Å². The van der Waals surface area contributed by atoms with Crippen LogP contribution < -0.4 is 10.1 Å². The molecule has 8 heteroatoms. The molecular weight excluding hydrogens is 481 g/mol. The molecule has 0 aromatic heterocycles. The van der Waals surface area contributed by atoms with E-state index in [2.05, 4.69) is 26.2 Å². The Morgan fingerprint density at radius 3 is 2.38 bits per heavy atom. The molecule has 1 aromatic carbocycles. The fourth-order valence-corrected chi connectivity index (χ4v) is 4.03. The number of carbonyl (C=O) groups excluding carboxylic acids is 1. The lowest BCUT2D eigenvalue weighted by atomic mass is 10.2.